The van der Waals surface area contributed by atoms with Crippen LogP contribution in [0.2, 0.25) is 0 Å². The predicted octanol–water partition coefficient (Wildman–Crippen LogP) is 0.326. The van der Waals surface area contributed by atoms with Gasteiger partial charge in [0.15, 0.2) is 0 Å². The second-order valence-corrected chi connectivity index (χ2v) is 4.77. The Balaban J connectivity index is 1.65. The fourth-order valence-corrected chi connectivity index (χ4v) is 2.41. The Labute approximate surface area is 91.8 Å². The number of nitrogens with zero attached hydrogens (tertiary/aromatic N) is 2. The Hall–Kier alpha value is -0.160. The Morgan fingerprint density at radius 1 is 1.27 bits per heavy atom. The number of rotatable bonds is 3. The molecule has 2 rings (SSSR count). The first-order valence-electron chi connectivity index (χ1n) is 5.98. The van der Waals surface area contributed by atoms with Crippen LogP contribution in [-0.4, -0.2) is 61.2 Å². The molecule has 0 spiro atoms. The second kappa shape index (κ2) is 5.25. The molecule has 2 fully saturated rings. The number of ether oxygens (including phenoxy) is 1. The summed E-state index contributed by atoms with van der Waals surface area (Å²) in [7, 11) is 2.19. The maximum Gasteiger partial charge on any atom is 0.216 e. The van der Waals surface area contributed by atoms with Gasteiger partial charge in [-0.25, -0.2) is 0 Å². The lowest BCUT2D eigenvalue weighted by Gasteiger charge is -2.30. The van der Waals surface area contributed by atoms with Gasteiger partial charge in [0.2, 0.25) is 6.41 Å². The molecule has 0 aromatic rings. The molecule has 0 radical (unpaired) electrons. The van der Waals surface area contributed by atoms with Crippen molar-refractivity contribution in [1.29, 1.82) is 0 Å². The Morgan fingerprint density at radius 3 is 2.60 bits per heavy atom. The van der Waals surface area contributed by atoms with Gasteiger partial charge in [-0.1, -0.05) is 0 Å². The Bertz CT molecular complexity index is 193. The standard InChI is InChI=1S/C11H22N2O2/c1-12-5-2-10(3-6-12)4-7-13-8-9-15-11(13)14/h10-11,14H,2-9H2,1H3. The average molecular weight is 214 g/mol. The summed E-state index contributed by atoms with van der Waals surface area (Å²) in [4.78, 5) is 4.42. The van der Waals surface area contributed by atoms with E-state index in [1.165, 1.54) is 32.4 Å². The van der Waals surface area contributed by atoms with E-state index in [0.717, 1.165) is 19.0 Å². The molecule has 0 aromatic carbocycles. The highest BCUT2D eigenvalue weighted by Gasteiger charge is 2.24. The number of likely N-dealkylation sites (tertiary alicyclic amines) is 1. The molecule has 4 nitrogen and oxygen atoms in total. The Kier molecular flexibility index (Phi) is 3.97. The molecule has 2 aliphatic heterocycles. The van der Waals surface area contributed by atoms with Crippen LogP contribution < -0.4 is 0 Å². The molecule has 0 aromatic heterocycles. The van der Waals surface area contributed by atoms with Crippen molar-refractivity contribution in [2.45, 2.75) is 25.7 Å². The van der Waals surface area contributed by atoms with E-state index in [0.29, 0.717) is 6.61 Å². The second-order valence-electron chi connectivity index (χ2n) is 4.77. The summed E-state index contributed by atoms with van der Waals surface area (Å²) < 4.78 is 5.10. The van der Waals surface area contributed by atoms with Crippen molar-refractivity contribution in [2.24, 2.45) is 5.92 Å². The highest BCUT2D eigenvalue weighted by molar-refractivity contribution is 4.72. The van der Waals surface area contributed by atoms with Crippen molar-refractivity contribution in [3.8, 4) is 0 Å². The first-order chi connectivity index (χ1) is 7.25. The molecule has 1 N–H and O–H groups in total. The van der Waals surface area contributed by atoms with Crippen LogP contribution in [0.1, 0.15) is 19.3 Å². The quantitative estimate of drug-likeness (QED) is 0.734. The van der Waals surface area contributed by atoms with Gasteiger partial charge in [0.05, 0.1) is 6.61 Å². The van der Waals surface area contributed by atoms with Gasteiger partial charge in [-0.3, -0.25) is 4.90 Å². The minimum atomic E-state index is -0.642. The summed E-state index contributed by atoms with van der Waals surface area (Å²) in [6.45, 7) is 4.99. The van der Waals surface area contributed by atoms with Crippen LogP contribution >= 0.6 is 0 Å². The highest BCUT2D eigenvalue weighted by atomic mass is 16.6. The molecule has 0 amide bonds. The molecule has 15 heavy (non-hydrogen) atoms. The van der Waals surface area contributed by atoms with Crippen LogP contribution in [-0.2, 0) is 4.74 Å². The summed E-state index contributed by atoms with van der Waals surface area (Å²) in [5, 5.41) is 9.46. The van der Waals surface area contributed by atoms with Gasteiger partial charge in [0, 0.05) is 13.1 Å². The van der Waals surface area contributed by atoms with E-state index < -0.39 is 6.41 Å². The molecule has 2 heterocycles. The van der Waals surface area contributed by atoms with Crippen molar-refractivity contribution in [1.82, 2.24) is 9.80 Å². The predicted molar refractivity (Wildman–Crippen MR) is 58.4 cm³/mol. The normalized spacial score (nSPS) is 31.2. The monoisotopic (exact) mass is 214 g/mol. The topological polar surface area (TPSA) is 35.9 Å². The lowest BCUT2D eigenvalue weighted by molar-refractivity contribution is -0.134. The molecule has 4 heteroatoms. The molecular formula is C11H22N2O2. The van der Waals surface area contributed by atoms with Gasteiger partial charge in [-0.15, -0.1) is 0 Å². The zero-order valence-corrected chi connectivity index (χ0v) is 9.56. The number of hydrogen-bond acceptors (Lipinski definition) is 4. The lowest BCUT2D eigenvalue weighted by Crippen LogP contribution is -2.34. The molecule has 2 aliphatic rings. The largest absolute Gasteiger partial charge is 0.356 e. The zero-order chi connectivity index (χ0) is 10.7. The van der Waals surface area contributed by atoms with Gasteiger partial charge in [-0.2, -0.15) is 0 Å². The van der Waals surface area contributed by atoms with Gasteiger partial charge >= 0.3 is 0 Å². The van der Waals surface area contributed by atoms with Crippen molar-refractivity contribution in [2.75, 3.05) is 39.8 Å². The number of piperidine rings is 1. The molecule has 0 aliphatic carbocycles. The highest BCUT2D eigenvalue weighted by Crippen LogP contribution is 2.20. The SMILES string of the molecule is CN1CCC(CCN2CCOC2O)CC1. The van der Waals surface area contributed by atoms with E-state index >= 15 is 0 Å². The van der Waals surface area contributed by atoms with Crippen LogP contribution in [0.4, 0.5) is 0 Å². The van der Waals surface area contributed by atoms with Crippen LogP contribution in [0.5, 0.6) is 0 Å². The lowest BCUT2D eigenvalue weighted by atomic mass is 9.94. The van der Waals surface area contributed by atoms with Crippen LogP contribution in [0.15, 0.2) is 0 Å². The summed E-state index contributed by atoms with van der Waals surface area (Å²) in [6.07, 6.45) is 3.17. The van der Waals surface area contributed by atoms with Crippen LogP contribution in [0.25, 0.3) is 0 Å². The molecule has 0 bridgehead atoms. The smallest absolute Gasteiger partial charge is 0.216 e. The fraction of sp³-hybridized carbons (Fsp3) is 1.00. The van der Waals surface area contributed by atoms with Crippen molar-refractivity contribution in [3.05, 3.63) is 0 Å². The maximum atomic E-state index is 9.46. The summed E-state index contributed by atoms with van der Waals surface area (Å²) in [5.41, 5.74) is 0. The maximum absolute atomic E-state index is 9.46. The first-order valence-corrected chi connectivity index (χ1v) is 5.98. The first kappa shape index (κ1) is 11.3. The molecule has 88 valence electrons. The summed E-state index contributed by atoms with van der Waals surface area (Å²) >= 11 is 0. The molecule has 1 atom stereocenters. The van der Waals surface area contributed by atoms with E-state index in [-0.39, 0.29) is 0 Å². The van der Waals surface area contributed by atoms with Gasteiger partial charge in [-0.05, 0) is 45.3 Å². The summed E-state index contributed by atoms with van der Waals surface area (Å²) in [6, 6.07) is 0. The van der Waals surface area contributed by atoms with E-state index in [4.69, 9.17) is 4.74 Å². The van der Waals surface area contributed by atoms with E-state index in [1.54, 1.807) is 0 Å². The minimum Gasteiger partial charge on any atom is -0.356 e. The molecule has 2 saturated heterocycles. The third-order valence-electron chi connectivity index (χ3n) is 3.62. The third-order valence-corrected chi connectivity index (χ3v) is 3.62. The van der Waals surface area contributed by atoms with E-state index in [9.17, 15) is 5.11 Å². The average Bonchev–Trinajstić information content (AvgIpc) is 2.63. The van der Waals surface area contributed by atoms with E-state index in [1.807, 2.05) is 4.90 Å². The number of aliphatic hydroxyl groups is 1. The van der Waals surface area contributed by atoms with Gasteiger partial charge < -0.3 is 14.7 Å². The third kappa shape index (κ3) is 3.14. The van der Waals surface area contributed by atoms with Crippen LogP contribution in [0, 0.1) is 5.92 Å². The molecular weight excluding hydrogens is 192 g/mol. The molecule has 1 unspecified atom stereocenters. The minimum absolute atomic E-state index is 0.642. The van der Waals surface area contributed by atoms with Crippen molar-refractivity contribution < 1.29 is 9.84 Å². The van der Waals surface area contributed by atoms with Gasteiger partial charge in [0.1, 0.15) is 0 Å². The van der Waals surface area contributed by atoms with E-state index in [2.05, 4.69) is 11.9 Å². The number of hydrogen-bond donors (Lipinski definition) is 1. The van der Waals surface area contributed by atoms with Crippen molar-refractivity contribution >= 4 is 0 Å². The van der Waals surface area contributed by atoms with Crippen LogP contribution in [0.3, 0.4) is 0 Å². The molecule has 0 saturated carbocycles. The zero-order valence-electron chi connectivity index (χ0n) is 9.56. The fourth-order valence-electron chi connectivity index (χ4n) is 2.41. The summed E-state index contributed by atoms with van der Waals surface area (Å²) in [5.74, 6) is 0.842. The number of aliphatic hydroxyl groups excluding tert-OH is 1. The van der Waals surface area contributed by atoms with Gasteiger partial charge in [0.25, 0.3) is 0 Å². The Morgan fingerprint density at radius 2 is 2.00 bits per heavy atom. The van der Waals surface area contributed by atoms with Crippen molar-refractivity contribution in [3.63, 3.8) is 0 Å².